The summed E-state index contributed by atoms with van der Waals surface area (Å²) in [6.07, 6.45) is 2.72. The molecular formula is C23H29F2N3O3S. The van der Waals surface area contributed by atoms with Crippen molar-refractivity contribution in [3.05, 3.63) is 41.0 Å². The maximum atomic E-state index is 14.7. The van der Waals surface area contributed by atoms with Crippen LogP contribution in [-0.4, -0.2) is 45.0 Å². The fourth-order valence-electron chi connectivity index (χ4n) is 3.65. The van der Waals surface area contributed by atoms with Crippen LogP contribution in [0.2, 0.25) is 0 Å². The molecule has 0 radical (unpaired) electrons. The van der Waals surface area contributed by atoms with E-state index in [1.807, 2.05) is 0 Å². The van der Waals surface area contributed by atoms with Crippen LogP contribution in [0.5, 0.6) is 0 Å². The van der Waals surface area contributed by atoms with Gasteiger partial charge in [-0.3, -0.25) is 19.5 Å². The molecule has 1 aromatic carbocycles. The standard InChI is InChI=1S/C23H29F2N3O3S/c1-14(26-5)18(25)12-15-7-8-17(24)16(11-15)19-13-32(30)23(9-6-10-23)20(27-19)28-21(29)31-22(2,3)4/h7-8,11-12,19H,6,9-10,13H2,1-5H3,(H,27,28,29)/b18-12-,26-14?. The molecule has 1 N–H and O–H groups in total. The first-order chi connectivity index (χ1) is 14.9. The van der Waals surface area contributed by atoms with Crippen LogP contribution in [0.3, 0.4) is 0 Å². The lowest BCUT2D eigenvalue weighted by Gasteiger charge is -2.45. The number of nitrogens with zero attached hydrogens (tertiary/aromatic N) is 2. The summed E-state index contributed by atoms with van der Waals surface area (Å²) in [7, 11) is 0.119. The molecule has 9 heteroatoms. The van der Waals surface area contributed by atoms with Gasteiger partial charge in [-0.2, -0.15) is 0 Å². The normalized spacial score (nSPS) is 23.4. The summed E-state index contributed by atoms with van der Waals surface area (Å²) in [5.41, 5.74) is 0.155. The van der Waals surface area contributed by atoms with Crippen molar-refractivity contribution < 1.29 is 22.5 Å². The number of ether oxygens (including phenoxy) is 1. The maximum absolute atomic E-state index is 14.7. The molecule has 3 rings (SSSR count). The van der Waals surface area contributed by atoms with Gasteiger partial charge in [-0.15, -0.1) is 0 Å². The molecule has 1 aliphatic heterocycles. The van der Waals surface area contributed by atoms with E-state index in [0.29, 0.717) is 18.4 Å². The van der Waals surface area contributed by atoms with Crippen molar-refractivity contribution in [1.82, 2.24) is 5.32 Å². The minimum Gasteiger partial charge on any atom is -0.444 e. The summed E-state index contributed by atoms with van der Waals surface area (Å²) in [6, 6.07) is 3.41. The first kappa shape index (κ1) is 24.2. The molecule has 1 aliphatic carbocycles. The summed E-state index contributed by atoms with van der Waals surface area (Å²) in [5.74, 6) is -0.661. The van der Waals surface area contributed by atoms with Gasteiger partial charge >= 0.3 is 6.09 Å². The van der Waals surface area contributed by atoms with Gasteiger partial charge in [0, 0.05) is 23.4 Å². The van der Waals surface area contributed by atoms with Gasteiger partial charge in [-0.25, -0.2) is 13.6 Å². The van der Waals surface area contributed by atoms with Crippen molar-refractivity contribution in [2.24, 2.45) is 9.98 Å². The number of aliphatic imine (C=N–C) groups is 2. The van der Waals surface area contributed by atoms with E-state index in [2.05, 4.69) is 15.3 Å². The molecule has 1 amide bonds. The third-order valence-corrected chi connectivity index (χ3v) is 7.69. The lowest BCUT2D eigenvalue weighted by molar-refractivity contribution is 0.0559. The number of allylic oxidation sites excluding steroid dienone is 1. The third-order valence-electron chi connectivity index (χ3n) is 5.60. The summed E-state index contributed by atoms with van der Waals surface area (Å²) in [5, 5.41) is 2.67. The van der Waals surface area contributed by atoms with Crippen LogP contribution in [0.25, 0.3) is 6.08 Å². The zero-order chi connectivity index (χ0) is 23.7. The Hall–Kier alpha value is -2.42. The van der Waals surface area contributed by atoms with Gasteiger partial charge < -0.3 is 4.74 Å². The maximum Gasteiger partial charge on any atom is 0.413 e. The number of carbonyl (C=O) groups excluding carboxylic acids is 1. The Kier molecular flexibility index (Phi) is 6.97. The van der Waals surface area contributed by atoms with Crippen LogP contribution in [0.4, 0.5) is 13.6 Å². The number of rotatable bonds is 3. The second-order valence-corrected chi connectivity index (χ2v) is 10.9. The van der Waals surface area contributed by atoms with Crippen molar-refractivity contribution in [1.29, 1.82) is 0 Å². The Morgan fingerprint density at radius 2 is 2.06 bits per heavy atom. The van der Waals surface area contributed by atoms with Gasteiger partial charge in [0.05, 0.1) is 17.5 Å². The fraction of sp³-hybridized carbons (Fsp3) is 0.522. The second-order valence-electron chi connectivity index (χ2n) is 9.06. The lowest BCUT2D eigenvalue weighted by atomic mass is 9.82. The Morgan fingerprint density at radius 1 is 1.38 bits per heavy atom. The first-order valence-corrected chi connectivity index (χ1v) is 11.8. The molecule has 174 valence electrons. The molecule has 0 saturated heterocycles. The highest BCUT2D eigenvalue weighted by Crippen LogP contribution is 2.44. The summed E-state index contributed by atoms with van der Waals surface area (Å²) in [4.78, 5) is 20.8. The summed E-state index contributed by atoms with van der Waals surface area (Å²) < 4.78 is 46.7. The Morgan fingerprint density at radius 3 is 2.62 bits per heavy atom. The molecule has 0 aromatic heterocycles. The zero-order valence-electron chi connectivity index (χ0n) is 19.0. The highest BCUT2D eigenvalue weighted by Gasteiger charge is 2.51. The van der Waals surface area contributed by atoms with Crippen LogP contribution >= 0.6 is 0 Å². The zero-order valence-corrected chi connectivity index (χ0v) is 19.8. The molecule has 1 heterocycles. The van der Waals surface area contributed by atoms with Crippen LogP contribution in [0, 0.1) is 5.82 Å². The van der Waals surface area contributed by atoms with Gasteiger partial charge in [0.25, 0.3) is 0 Å². The molecule has 32 heavy (non-hydrogen) atoms. The van der Waals surface area contributed by atoms with Gasteiger partial charge in [0.15, 0.2) is 0 Å². The average molecular weight is 466 g/mol. The van der Waals surface area contributed by atoms with E-state index in [0.717, 1.165) is 6.42 Å². The van der Waals surface area contributed by atoms with Crippen LogP contribution < -0.4 is 5.32 Å². The van der Waals surface area contributed by atoms with Crippen LogP contribution in [-0.2, 0) is 15.5 Å². The number of nitrogens with one attached hydrogen (secondary N) is 1. The number of amidine groups is 1. The van der Waals surface area contributed by atoms with E-state index < -0.39 is 44.9 Å². The number of alkyl carbamates (subject to hydrolysis) is 1. The number of halogens is 2. The predicted octanol–water partition coefficient (Wildman–Crippen LogP) is 4.88. The Bertz CT molecular complexity index is 1020. The van der Waals surface area contributed by atoms with Gasteiger partial charge in [-0.1, -0.05) is 6.07 Å². The SMILES string of the molecule is CN=C(C)/C(F)=C/c1ccc(F)c(C2CS(=O)C3(CCC3)C(NC(=O)OC(C)(C)C)=N2)c1. The number of benzene rings is 1. The summed E-state index contributed by atoms with van der Waals surface area (Å²) in [6.45, 7) is 6.77. The molecule has 1 aromatic rings. The molecule has 1 saturated carbocycles. The number of hydrogen-bond acceptors (Lipinski definition) is 5. The molecular weight excluding hydrogens is 436 g/mol. The van der Waals surface area contributed by atoms with E-state index in [1.165, 1.54) is 38.2 Å². The third kappa shape index (κ3) is 5.14. The van der Waals surface area contributed by atoms with Crippen molar-refractivity contribution >= 4 is 34.5 Å². The minimum atomic E-state index is -1.37. The minimum absolute atomic E-state index is 0.127. The van der Waals surface area contributed by atoms with Gasteiger partial charge in [0.2, 0.25) is 0 Å². The molecule has 0 bridgehead atoms. The van der Waals surface area contributed by atoms with Crippen molar-refractivity contribution in [2.75, 3.05) is 12.8 Å². The average Bonchev–Trinajstić information content (AvgIpc) is 2.65. The fourth-order valence-corrected chi connectivity index (χ4v) is 5.58. The van der Waals surface area contributed by atoms with Gasteiger partial charge in [-0.05, 0) is 70.7 Å². The van der Waals surface area contributed by atoms with Crippen molar-refractivity contribution in [3.63, 3.8) is 0 Å². The lowest BCUT2D eigenvalue weighted by Crippen LogP contribution is -2.59. The molecule has 2 unspecified atom stereocenters. The highest BCUT2D eigenvalue weighted by atomic mass is 32.2. The topological polar surface area (TPSA) is 80.1 Å². The Labute approximate surface area is 189 Å². The number of amides is 1. The second kappa shape index (κ2) is 9.21. The van der Waals surface area contributed by atoms with Crippen molar-refractivity contribution in [2.45, 2.75) is 63.3 Å². The summed E-state index contributed by atoms with van der Waals surface area (Å²) >= 11 is 0. The van der Waals surface area contributed by atoms with Crippen molar-refractivity contribution in [3.8, 4) is 0 Å². The Balaban J connectivity index is 1.97. The largest absolute Gasteiger partial charge is 0.444 e. The van der Waals surface area contributed by atoms with E-state index in [4.69, 9.17) is 4.74 Å². The van der Waals surface area contributed by atoms with E-state index >= 15 is 0 Å². The quantitative estimate of drug-likeness (QED) is 0.647. The molecule has 2 atom stereocenters. The molecule has 2 aliphatic rings. The predicted molar refractivity (Wildman–Crippen MR) is 124 cm³/mol. The van der Waals surface area contributed by atoms with Gasteiger partial charge in [0.1, 0.15) is 27.8 Å². The number of hydrogen-bond donors (Lipinski definition) is 1. The van der Waals surface area contributed by atoms with Crippen LogP contribution in [0.1, 0.15) is 64.1 Å². The van der Waals surface area contributed by atoms with Crippen LogP contribution in [0.15, 0.2) is 34.0 Å². The van der Waals surface area contributed by atoms with E-state index in [1.54, 1.807) is 20.8 Å². The van der Waals surface area contributed by atoms with E-state index in [-0.39, 0.29) is 22.9 Å². The molecule has 1 fully saturated rings. The smallest absolute Gasteiger partial charge is 0.413 e. The molecule has 1 spiro atoms. The monoisotopic (exact) mass is 465 g/mol. The number of carbonyl (C=O) groups is 1. The highest BCUT2D eigenvalue weighted by molar-refractivity contribution is 7.87. The van der Waals surface area contributed by atoms with E-state index in [9.17, 15) is 17.8 Å². The molecule has 6 nitrogen and oxygen atoms in total. The first-order valence-electron chi connectivity index (χ1n) is 10.5.